The zero-order valence-corrected chi connectivity index (χ0v) is 12.3. The molecule has 5 heteroatoms. The summed E-state index contributed by atoms with van der Waals surface area (Å²) < 4.78 is 27.4. The molecular formula is C13H22N2O2S. The Morgan fingerprint density at radius 1 is 1.22 bits per heavy atom. The number of hydrogen-bond donors (Lipinski definition) is 2. The fourth-order valence-electron chi connectivity index (χ4n) is 1.90. The molecule has 0 amide bonds. The molecule has 3 N–H and O–H groups in total. The van der Waals surface area contributed by atoms with Crippen molar-refractivity contribution in [3.05, 3.63) is 23.3 Å². The normalized spacial score (nSPS) is 12.1. The van der Waals surface area contributed by atoms with E-state index in [1.807, 2.05) is 26.8 Å². The standard InChI is InChI=1S/C13H22N2O2S/c1-5-11(6-2)15-18(16,17)13-10(4)9(3)7-8-12(13)14/h7-8,11,15H,5-6,14H2,1-4H3. The summed E-state index contributed by atoms with van der Waals surface area (Å²) in [6, 6.07) is 3.43. The van der Waals surface area contributed by atoms with Gasteiger partial charge >= 0.3 is 0 Å². The van der Waals surface area contributed by atoms with Crippen molar-refractivity contribution in [3.63, 3.8) is 0 Å². The van der Waals surface area contributed by atoms with Gasteiger partial charge in [0.05, 0.1) is 5.69 Å². The van der Waals surface area contributed by atoms with Gasteiger partial charge in [0.15, 0.2) is 0 Å². The number of nitrogen functional groups attached to an aromatic ring is 1. The lowest BCUT2D eigenvalue weighted by atomic mass is 10.1. The molecule has 4 nitrogen and oxygen atoms in total. The molecule has 0 atom stereocenters. The molecule has 0 spiro atoms. The summed E-state index contributed by atoms with van der Waals surface area (Å²) in [6.45, 7) is 7.59. The minimum atomic E-state index is -3.54. The number of aryl methyl sites for hydroxylation is 1. The summed E-state index contributed by atoms with van der Waals surface area (Å²) in [5, 5.41) is 0. The molecule has 1 aromatic carbocycles. The van der Waals surface area contributed by atoms with Gasteiger partial charge in [-0.05, 0) is 43.9 Å². The Balaban J connectivity index is 3.25. The first-order chi connectivity index (χ1) is 8.33. The molecule has 0 fully saturated rings. The molecule has 0 aliphatic carbocycles. The van der Waals surface area contributed by atoms with Gasteiger partial charge in [0.2, 0.25) is 10.0 Å². The molecular weight excluding hydrogens is 248 g/mol. The van der Waals surface area contributed by atoms with Crippen LogP contribution in [0.25, 0.3) is 0 Å². The van der Waals surface area contributed by atoms with Crippen LogP contribution in [0.4, 0.5) is 5.69 Å². The lowest BCUT2D eigenvalue weighted by Crippen LogP contribution is -2.34. The van der Waals surface area contributed by atoms with E-state index >= 15 is 0 Å². The molecule has 0 unspecified atom stereocenters. The van der Waals surface area contributed by atoms with Gasteiger partial charge in [-0.1, -0.05) is 19.9 Å². The average Bonchev–Trinajstić information content (AvgIpc) is 2.31. The summed E-state index contributed by atoms with van der Waals surface area (Å²) in [7, 11) is -3.54. The largest absolute Gasteiger partial charge is 0.398 e. The molecule has 18 heavy (non-hydrogen) atoms. The summed E-state index contributed by atoms with van der Waals surface area (Å²) in [5.74, 6) is 0. The number of nitrogens with one attached hydrogen (secondary N) is 1. The highest BCUT2D eigenvalue weighted by Gasteiger charge is 2.23. The second-order valence-corrected chi connectivity index (χ2v) is 6.21. The fourth-order valence-corrected chi connectivity index (χ4v) is 3.73. The Morgan fingerprint density at radius 3 is 2.28 bits per heavy atom. The first kappa shape index (κ1) is 15.0. The van der Waals surface area contributed by atoms with Crippen LogP contribution in [-0.4, -0.2) is 14.5 Å². The smallest absolute Gasteiger partial charge is 0.243 e. The predicted molar refractivity (Wildman–Crippen MR) is 75.0 cm³/mol. The maximum Gasteiger partial charge on any atom is 0.243 e. The number of sulfonamides is 1. The Hall–Kier alpha value is -1.07. The maximum atomic E-state index is 12.4. The molecule has 1 rings (SSSR count). The Kier molecular flexibility index (Phi) is 4.76. The monoisotopic (exact) mass is 270 g/mol. The van der Waals surface area contributed by atoms with Crippen LogP contribution in [0.1, 0.15) is 37.8 Å². The number of benzene rings is 1. The van der Waals surface area contributed by atoms with Crippen LogP contribution in [-0.2, 0) is 10.0 Å². The van der Waals surface area contributed by atoms with Crippen LogP contribution in [0.5, 0.6) is 0 Å². The third-order valence-electron chi connectivity index (χ3n) is 3.28. The minimum Gasteiger partial charge on any atom is -0.398 e. The third kappa shape index (κ3) is 3.03. The average molecular weight is 270 g/mol. The first-order valence-electron chi connectivity index (χ1n) is 6.21. The van der Waals surface area contributed by atoms with E-state index in [-0.39, 0.29) is 10.9 Å². The zero-order valence-electron chi connectivity index (χ0n) is 11.4. The molecule has 0 saturated heterocycles. The highest BCUT2D eigenvalue weighted by molar-refractivity contribution is 7.89. The van der Waals surface area contributed by atoms with Crippen LogP contribution in [0.2, 0.25) is 0 Å². The number of rotatable bonds is 5. The van der Waals surface area contributed by atoms with Crippen LogP contribution in [0, 0.1) is 13.8 Å². The van der Waals surface area contributed by atoms with Gasteiger partial charge in [-0.25, -0.2) is 13.1 Å². The highest BCUT2D eigenvalue weighted by atomic mass is 32.2. The van der Waals surface area contributed by atoms with Gasteiger partial charge in [0.25, 0.3) is 0 Å². The van der Waals surface area contributed by atoms with E-state index in [4.69, 9.17) is 5.73 Å². The first-order valence-corrected chi connectivity index (χ1v) is 7.69. The van der Waals surface area contributed by atoms with Crippen molar-refractivity contribution < 1.29 is 8.42 Å². The lowest BCUT2D eigenvalue weighted by molar-refractivity contribution is 0.530. The highest BCUT2D eigenvalue weighted by Crippen LogP contribution is 2.25. The minimum absolute atomic E-state index is 0.0469. The summed E-state index contributed by atoms with van der Waals surface area (Å²) in [5.41, 5.74) is 7.76. The van der Waals surface area contributed by atoms with Crippen LogP contribution >= 0.6 is 0 Å². The molecule has 0 aliphatic rings. The number of anilines is 1. The van der Waals surface area contributed by atoms with Crippen LogP contribution in [0.15, 0.2) is 17.0 Å². The van der Waals surface area contributed by atoms with Crippen molar-refractivity contribution in [1.29, 1.82) is 0 Å². The molecule has 0 bridgehead atoms. The van der Waals surface area contributed by atoms with Crippen molar-refractivity contribution >= 4 is 15.7 Å². The third-order valence-corrected chi connectivity index (χ3v) is 5.01. The number of nitrogens with two attached hydrogens (primary N) is 1. The van der Waals surface area contributed by atoms with Gasteiger partial charge in [-0.3, -0.25) is 0 Å². The van der Waals surface area contributed by atoms with Crippen molar-refractivity contribution in [2.45, 2.75) is 51.5 Å². The van der Waals surface area contributed by atoms with Gasteiger partial charge in [-0.15, -0.1) is 0 Å². The van der Waals surface area contributed by atoms with Crippen molar-refractivity contribution in [1.82, 2.24) is 4.72 Å². The number of hydrogen-bond acceptors (Lipinski definition) is 3. The second-order valence-electron chi connectivity index (χ2n) is 4.56. The van der Waals surface area contributed by atoms with Crippen LogP contribution in [0.3, 0.4) is 0 Å². The molecule has 0 aliphatic heterocycles. The molecule has 0 saturated carbocycles. The van der Waals surface area contributed by atoms with Gasteiger partial charge in [0, 0.05) is 6.04 Å². The van der Waals surface area contributed by atoms with Gasteiger partial charge in [0.1, 0.15) is 4.90 Å². The fraction of sp³-hybridized carbons (Fsp3) is 0.538. The van der Waals surface area contributed by atoms with Crippen molar-refractivity contribution in [2.24, 2.45) is 0 Å². The van der Waals surface area contributed by atoms with E-state index < -0.39 is 10.0 Å². The van der Waals surface area contributed by atoms with E-state index in [0.717, 1.165) is 18.4 Å². The lowest BCUT2D eigenvalue weighted by Gasteiger charge is -2.18. The van der Waals surface area contributed by atoms with E-state index in [1.54, 1.807) is 13.0 Å². The van der Waals surface area contributed by atoms with Crippen molar-refractivity contribution in [3.8, 4) is 0 Å². The Morgan fingerprint density at radius 2 is 1.78 bits per heavy atom. The van der Waals surface area contributed by atoms with Gasteiger partial charge < -0.3 is 5.73 Å². The summed E-state index contributed by atoms with van der Waals surface area (Å²) >= 11 is 0. The van der Waals surface area contributed by atoms with E-state index in [2.05, 4.69) is 4.72 Å². The zero-order chi connectivity index (χ0) is 13.9. The van der Waals surface area contributed by atoms with E-state index in [0.29, 0.717) is 11.3 Å². The second kappa shape index (κ2) is 5.71. The molecule has 0 heterocycles. The SMILES string of the molecule is CCC(CC)NS(=O)(=O)c1c(N)ccc(C)c1C. The van der Waals surface area contributed by atoms with E-state index in [9.17, 15) is 8.42 Å². The topological polar surface area (TPSA) is 72.2 Å². The van der Waals surface area contributed by atoms with E-state index in [1.165, 1.54) is 0 Å². The summed E-state index contributed by atoms with van der Waals surface area (Å²) in [4.78, 5) is 0.217. The van der Waals surface area contributed by atoms with Crippen LogP contribution < -0.4 is 10.5 Å². The van der Waals surface area contributed by atoms with Gasteiger partial charge in [-0.2, -0.15) is 0 Å². The quantitative estimate of drug-likeness (QED) is 0.807. The molecule has 1 aromatic rings. The summed E-state index contributed by atoms with van der Waals surface area (Å²) in [6.07, 6.45) is 1.53. The Bertz CT molecular complexity index is 520. The Labute approximate surface area is 110 Å². The molecule has 102 valence electrons. The van der Waals surface area contributed by atoms with Crippen molar-refractivity contribution in [2.75, 3.05) is 5.73 Å². The predicted octanol–water partition coefficient (Wildman–Crippen LogP) is 2.35. The molecule has 0 aromatic heterocycles. The maximum absolute atomic E-state index is 12.4. The molecule has 0 radical (unpaired) electrons.